The summed E-state index contributed by atoms with van der Waals surface area (Å²) in [6.07, 6.45) is 2.21. The second-order valence-corrected chi connectivity index (χ2v) is 7.55. The molecule has 1 aliphatic heterocycles. The summed E-state index contributed by atoms with van der Waals surface area (Å²) >= 11 is 1.63. The van der Waals surface area contributed by atoms with Crippen LogP contribution in [0.2, 0.25) is 0 Å². The van der Waals surface area contributed by atoms with Gasteiger partial charge >= 0.3 is 0 Å². The van der Waals surface area contributed by atoms with Gasteiger partial charge in [0.25, 0.3) is 0 Å². The van der Waals surface area contributed by atoms with Gasteiger partial charge in [0.05, 0.1) is 12.3 Å². The van der Waals surface area contributed by atoms with Crippen LogP contribution in [0.3, 0.4) is 0 Å². The fourth-order valence-corrected chi connectivity index (χ4v) is 4.05. The number of hydrogen-bond acceptors (Lipinski definition) is 3. The first-order valence-electron chi connectivity index (χ1n) is 8.26. The van der Waals surface area contributed by atoms with Crippen molar-refractivity contribution in [2.45, 2.75) is 26.3 Å². The predicted octanol–water partition coefficient (Wildman–Crippen LogP) is 2.38. The molecule has 2 heterocycles. The first kappa shape index (κ1) is 16.9. The number of amides is 2. The maximum Gasteiger partial charge on any atom is 0.243 e. The molecule has 128 valence electrons. The number of para-hydroxylation sites is 1. The number of fused-ring (bicyclic) bond motifs is 1. The van der Waals surface area contributed by atoms with E-state index >= 15 is 0 Å². The van der Waals surface area contributed by atoms with E-state index in [1.54, 1.807) is 16.7 Å². The van der Waals surface area contributed by atoms with Crippen LogP contribution < -0.4 is 5.32 Å². The smallest absolute Gasteiger partial charge is 0.243 e. The summed E-state index contributed by atoms with van der Waals surface area (Å²) in [5.41, 5.74) is 2.01. The molecule has 0 bridgehead atoms. The maximum absolute atomic E-state index is 12.7. The number of rotatable bonds is 5. The lowest BCUT2D eigenvalue weighted by molar-refractivity contribution is -0.137. The zero-order chi connectivity index (χ0) is 17.1. The number of H-pyrrole nitrogens is 1. The Kier molecular flexibility index (Phi) is 5.14. The Morgan fingerprint density at radius 2 is 2.17 bits per heavy atom. The van der Waals surface area contributed by atoms with Crippen molar-refractivity contribution >= 4 is 34.5 Å². The largest absolute Gasteiger partial charge is 0.361 e. The fraction of sp³-hybridized carbons (Fsp3) is 0.444. The van der Waals surface area contributed by atoms with Crippen LogP contribution in [0, 0.1) is 5.92 Å². The highest BCUT2D eigenvalue weighted by Gasteiger charge is 2.34. The Morgan fingerprint density at radius 3 is 2.96 bits per heavy atom. The first-order valence-corrected chi connectivity index (χ1v) is 9.41. The van der Waals surface area contributed by atoms with E-state index in [0.29, 0.717) is 30.5 Å². The van der Waals surface area contributed by atoms with Crippen LogP contribution in [0.1, 0.15) is 19.4 Å². The lowest BCUT2D eigenvalue weighted by Gasteiger charge is -2.23. The molecular formula is C18H23N3O2S. The first-order chi connectivity index (χ1) is 11.6. The highest BCUT2D eigenvalue weighted by molar-refractivity contribution is 7.99. The van der Waals surface area contributed by atoms with Crippen molar-refractivity contribution in [1.82, 2.24) is 15.2 Å². The van der Waals surface area contributed by atoms with Crippen molar-refractivity contribution < 1.29 is 9.59 Å². The Bertz CT molecular complexity index is 741. The van der Waals surface area contributed by atoms with E-state index in [1.807, 2.05) is 30.5 Å². The van der Waals surface area contributed by atoms with Crippen LogP contribution >= 0.6 is 11.8 Å². The molecule has 6 heteroatoms. The SMILES string of the molecule is CC(C)CNC(=O)[C@H]1CSCN1C(=O)Cc1c[nH]c2ccccc12. The maximum atomic E-state index is 12.7. The molecule has 3 rings (SSSR count). The number of thioether (sulfide) groups is 1. The van der Waals surface area contributed by atoms with Crippen molar-refractivity contribution in [3.8, 4) is 0 Å². The molecule has 2 aromatic rings. The molecule has 5 nitrogen and oxygen atoms in total. The Labute approximate surface area is 146 Å². The van der Waals surface area contributed by atoms with Gasteiger partial charge in [-0.05, 0) is 17.5 Å². The van der Waals surface area contributed by atoms with Crippen LogP contribution in [0.4, 0.5) is 0 Å². The van der Waals surface area contributed by atoms with Gasteiger partial charge in [-0.2, -0.15) is 0 Å². The van der Waals surface area contributed by atoms with Crippen LogP contribution in [0.15, 0.2) is 30.5 Å². The molecule has 0 saturated carbocycles. The van der Waals surface area contributed by atoms with Crippen molar-refractivity contribution in [3.05, 3.63) is 36.0 Å². The third-order valence-corrected chi connectivity index (χ3v) is 5.22. The third kappa shape index (κ3) is 3.59. The van der Waals surface area contributed by atoms with Gasteiger partial charge in [-0.25, -0.2) is 0 Å². The zero-order valence-corrected chi connectivity index (χ0v) is 14.9. The van der Waals surface area contributed by atoms with E-state index in [9.17, 15) is 9.59 Å². The fourth-order valence-electron chi connectivity index (χ4n) is 2.87. The van der Waals surface area contributed by atoms with Gasteiger partial charge in [-0.1, -0.05) is 32.0 Å². The van der Waals surface area contributed by atoms with Gasteiger partial charge < -0.3 is 15.2 Å². The molecule has 24 heavy (non-hydrogen) atoms. The number of carbonyl (C=O) groups excluding carboxylic acids is 2. The van der Waals surface area contributed by atoms with Gasteiger partial charge in [0.15, 0.2) is 0 Å². The predicted molar refractivity (Wildman–Crippen MR) is 97.8 cm³/mol. The molecule has 1 aromatic carbocycles. The lowest BCUT2D eigenvalue weighted by Crippen LogP contribution is -2.48. The van der Waals surface area contributed by atoms with Crippen molar-refractivity contribution in [2.24, 2.45) is 5.92 Å². The minimum Gasteiger partial charge on any atom is -0.361 e. The molecular weight excluding hydrogens is 322 g/mol. The topological polar surface area (TPSA) is 65.2 Å². The van der Waals surface area contributed by atoms with E-state index < -0.39 is 0 Å². The molecule has 2 N–H and O–H groups in total. The van der Waals surface area contributed by atoms with Crippen LogP contribution in [0.5, 0.6) is 0 Å². The lowest BCUT2D eigenvalue weighted by atomic mass is 10.1. The Morgan fingerprint density at radius 1 is 1.38 bits per heavy atom. The molecule has 0 spiro atoms. The molecule has 1 fully saturated rings. The molecule has 0 aliphatic carbocycles. The Hall–Kier alpha value is -1.95. The van der Waals surface area contributed by atoms with E-state index in [2.05, 4.69) is 24.1 Å². The number of carbonyl (C=O) groups is 2. The van der Waals surface area contributed by atoms with E-state index in [4.69, 9.17) is 0 Å². The van der Waals surface area contributed by atoms with E-state index in [0.717, 1.165) is 16.5 Å². The van der Waals surface area contributed by atoms with E-state index in [-0.39, 0.29) is 17.9 Å². The third-order valence-electron chi connectivity index (χ3n) is 4.21. The number of nitrogens with zero attached hydrogens (tertiary/aromatic N) is 1. The minimum atomic E-state index is -0.355. The summed E-state index contributed by atoms with van der Waals surface area (Å²) in [5, 5.41) is 4.01. The highest BCUT2D eigenvalue weighted by atomic mass is 32.2. The molecule has 0 unspecified atom stereocenters. The highest BCUT2D eigenvalue weighted by Crippen LogP contribution is 2.24. The summed E-state index contributed by atoms with van der Waals surface area (Å²) < 4.78 is 0. The van der Waals surface area contributed by atoms with Crippen LogP contribution in [0.25, 0.3) is 10.9 Å². The summed E-state index contributed by atoms with van der Waals surface area (Å²) in [6, 6.07) is 7.60. The average molecular weight is 345 g/mol. The number of hydrogen-bond donors (Lipinski definition) is 2. The molecule has 0 radical (unpaired) electrons. The quantitative estimate of drug-likeness (QED) is 0.874. The summed E-state index contributed by atoms with van der Waals surface area (Å²) in [5.74, 6) is 1.62. The normalized spacial score (nSPS) is 17.6. The second-order valence-electron chi connectivity index (χ2n) is 6.55. The molecule has 2 amide bonds. The van der Waals surface area contributed by atoms with Gasteiger partial charge in [0, 0.05) is 29.4 Å². The van der Waals surface area contributed by atoms with Crippen molar-refractivity contribution in [1.29, 1.82) is 0 Å². The van der Waals surface area contributed by atoms with Crippen molar-refractivity contribution in [2.75, 3.05) is 18.2 Å². The standard InChI is InChI=1S/C18H23N3O2S/c1-12(2)8-20-18(23)16-10-24-11-21(16)17(22)7-13-9-19-15-6-4-3-5-14(13)15/h3-6,9,12,16,19H,7-8,10-11H2,1-2H3,(H,20,23)/t16-/m1/s1. The number of benzene rings is 1. The van der Waals surface area contributed by atoms with Crippen LogP contribution in [-0.4, -0.2) is 45.9 Å². The number of aromatic nitrogens is 1. The van der Waals surface area contributed by atoms with Gasteiger partial charge in [-0.3, -0.25) is 9.59 Å². The van der Waals surface area contributed by atoms with Gasteiger partial charge in [0.1, 0.15) is 6.04 Å². The number of nitrogens with one attached hydrogen (secondary N) is 2. The average Bonchev–Trinajstić information content (AvgIpc) is 3.20. The summed E-state index contributed by atoms with van der Waals surface area (Å²) in [7, 11) is 0. The van der Waals surface area contributed by atoms with Crippen LogP contribution in [-0.2, 0) is 16.0 Å². The molecule has 1 aromatic heterocycles. The number of aromatic amines is 1. The minimum absolute atomic E-state index is 0.00875. The van der Waals surface area contributed by atoms with Crippen molar-refractivity contribution in [3.63, 3.8) is 0 Å². The van der Waals surface area contributed by atoms with Gasteiger partial charge in [-0.15, -0.1) is 11.8 Å². The molecule has 1 atom stereocenters. The molecule has 1 aliphatic rings. The Balaban J connectivity index is 1.68. The summed E-state index contributed by atoms with van der Waals surface area (Å²) in [4.78, 5) is 30.0. The second kappa shape index (κ2) is 7.30. The van der Waals surface area contributed by atoms with E-state index in [1.165, 1.54) is 0 Å². The summed E-state index contributed by atoms with van der Waals surface area (Å²) in [6.45, 7) is 4.76. The monoisotopic (exact) mass is 345 g/mol. The molecule has 1 saturated heterocycles. The van der Waals surface area contributed by atoms with Gasteiger partial charge in [0.2, 0.25) is 11.8 Å². The zero-order valence-electron chi connectivity index (χ0n) is 14.0.